The van der Waals surface area contributed by atoms with E-state index in [-0.39, 0.29) is 0 Å². The summed E-state index contributed by atoms with van der Waals surface area (Å²) in [6.45, 7) is 5.41. The number of rotatable bonds is 6. The minimum absolute atomic E-state index is 0.608. The number of aryl methyl sites for hydroxylation is 2. The Morgan fingerprint density at radius 1 is 1.57 bits per heavy atom. The van der Waals surface area contributed by atoms with Gasteiger partial charge in [-0.1, -0.05) is 12.1 Å². The maximum atomic E-state index is 4.05. The molecule has 0 aromatic carbocycles. The third-order valence-electron chi connectivity index (χ3n) is 2.27. The van der Waals surface area contributed by atoms with Gasteiger partial charge in [0.05, 0.1) is 5.69 Å². The van der Waals surface area contributed by atoms with Crippen molar-refractivity contribution in [2.45, 2.75) is 39.2 Å². The van der Waals surface area contributed by atoms with Crippen molar-refractivity contribution in [3.05, 3.63) is 11.9 Å². The lowest BCUT2D eigenvalue weighted by molar-refractivity contribution is 0.511. The van der Waals surface area contributed by atoms with Crippen LogP contribution in [0.15, 0.2) is 6.20 Å². The summed E-state index contributed by atoms with van der Waals surface area (Å²) in [4.78, 5) is 0. The van der Waals surface area contributed by atoms with E-state index >= 15 is 0 Å². The number of hydrogen-bond donors (Lipinski definition) is 1. The zero-order chi connectivity index (χ0) is 10.4. The first-order valence-electron chi connectivity index (χ1n) is 5.31. The van der Waals surface area contributed by atoms with Gasteiger partial charge >= 0.3 is 0 Å². The Balaban J connectivity index is 2.15. The molecule has 0 aliphatic rings. The first-order chi connectivity index (χ1) is 6.72. The highest BCUT2D eigenvalue weighted by atomic mass is 15.4. The van der Waals surface area contributed by atoms with Crippen LogP contribution in [0.4, 0.5) is 0 Å². The summed E-state index contributed by atoms with van der Waals surface area (Å²) in [7, 11) is 1.90. The van der Waals surface area contributed by atoms with E-state index in [2.05, 4.69) is 29.5 Å². The van der Waals surface area contributed by atoms with Crippen LogP contribution in [-0.2, 0) is 13.5 Å². The Morgan fingerprint density at radius 3 is 2.93 bits per heavy atom. The van der Waals surface area contributed by atoms with Gasteiger partial charge in [0.15, 0.2) is 0 Å². The van der Waals surface area contributed by atoms with Crippen molar-refractivity contribution in [3.63, 3.8) is 0 Å². The van der Waals surface area contributed by atoms with Gasteiger partial charge in [0.25, 0.3) is 0 Å². The third kappa shape index (κ3) is 3.87. The van der Waals surface area contributed by atoms with Crippen LogP contribution in [0.1, 0.15) is 32.4 Å². The molecule has 0 amide bonds. The van der Waals surface area contributed by atoms with Gasteiger partial charge in [-0.25, -0.2) is 0 Å². The molecule has 14 heavy (non-hydrogen) atoms. The topological polar surface area (TPSA) is 42.7 Å². The maximum absolute atomic E-state index is 4.05. The molecule has 4 heteroatoms. The third-order valence-corrected chi connectivity index (χ3v) is 2.27. The Kier molecular flexibility index (Phi) is 4.59. The second kappa shape index (κ2) is 5.75. The van der Waals surface area contributed by atoms with Crippen molar-refractivity contribution in [1.29, 1.82) is 0 Å². The molecule has 1 atom stereocenters. The average molecular weight is 196 g/mol. The Hall–Kier alpha value is -0.900. The van der Waals surface area contributed by atoms with E-state index in [0.717, 1.165) is 18.7 Å². The van der Waals surface area contributed by atoms with Crippen LogP contribution in [0.2, 0.25) is 0 Å². The lowest BCUT2D eigenvalue weighted by Gasteiger charge is -2.10. The standard InChI is InChI=1S/C10H20N4/c1-4-11-9(2)6-5-7-10-8-14(3)13-12-10/h8-9,11H,4-7H2,1-3H3. The highest BCUT2D eigenvalue weighted by Gasteiger charge is 2.01. The van der Waals surface area contributed by atoms with Crippen molar-refractivity contribution in [3.8, 4) is 0 Å². The van der Waals surface area contributed by atoms with E-state index in [1.165, 1.54) is 12.8 Å². The van der Waals surface area contributed by atoms with Crippen LogP contribution in [0, 0.1) is 0 Å². The molecule has 0 aliphatic heterocycles. The molecule has 0 aliphatic carbocycles. The van der Waals surface area contributed by atoms with E-state index in [4.69, 9.17) is 0 Å². The van der Waals surface area contributed by atoms with Gasteiger partial charge in [-0.05, 0) is 32.7 Å². The second-order valence-electron chi connectivity index (χ2n) is 3.73. The molecule has 0 fully saturated rings. The van der Waals surface area contributed by atoms with Gasteiger partial charge in [0.1, 0.15) is 0 Å². The van der Waals surface area contributed by atoms with Crippen LogP contribution in [0.3, 0.4) is 0 Å². The summed E-state index contributed by atoms with van der Waals surface area (Å²) in [5, 5.41) is 11.3. The van der Waals surface area contributed by atoms with Gasteiger partial charge < -0.3 is 5.32 Å². The van der Waals surface area contributed by atoms with Gasteiger partial charge in [0.2, 0.25) is 0 Å². The first-order valence-corrected chi connectivity index (χ1v) is 5.31. The second-order valence-corrected chi connectivity index (χ2v) is 3.73. The van der Waals surface area contributed by atoms with Gasteiger partial charge in [-0.3, -0.25) is 4.68 Å². The monoisotopic (exact) mass is 196 g/mol. The SMILES string of the molecule is CCNC(C)CCCc1cn(C)nn1. The Bertz CT molecular complexity index is 256. The molecular weight excluding hydrogens is 176 g/mol. The van der Waals surface area contributed by atoms with Crippen LogP contribution < -0.4 is 5.32 Å². The van der Waals surface area contributed by atoms with E-state index in [1.54, 1.807) is 4.68 Å². The summed E-state index contributed by atoms with van der Waals surface area (Å²) in [6, 6.07) is 0.608. The van der Waals surface area contributed by atoms with Crippen LogP contribution in [0.25, 0.3) is 0 Å². The highest BCUT2D eigenvalue weighted by molar-refractivity contribution is 4.91. The number of aromatic nitrogens is 3. The van der Waals surface area contributed by atoms with Crippen molar-refractivity contribution < 1.29 is 0 Å². The molecule has 4 nitrogen and oxygen atoms in total. The molecule has 1 aromatic heterocycles. The summed E-state index contributed by atoms with van der Waals surface area (Å²) in [5.41, 5.74) is 1.09. The molecule has 1 unspecified atom stereocenters. The van der Waals surface area contributed by atoms with Crippen molar-refractivity contribution in [2.75, 3.05) is 6.54 Å². The quantitative estimate of drug-likeness (QED) is 0.742. The minimum Gasteiger partial charge on any atom is -0.315 e. The molecule has 80 valence electrons. The van der Waals surface area contributed by atoms with E-state index in [9.17, 15) is 0 Å². The van der Waals surface area contributed by atoms with Gasteiger partial charge in [-0.15, -0.1) is 5.10 Å². The van der Waals surface area contributed by atoms with Gasteiger partial charge in [-0.2, -0.15) is 0 Å². The average Bonchev–Trinajstić information content (AvgIpc) is 2.52. The van der Waals surface area contributed by atoms with Crippen molar-refractivity contribution >= 4 is 0 Å². The smallest absolute Gasteiger partial charge is 0.0827 e. The molecule has 0 radical (unpaired) electrons. The fraction of sp³-hybridized carbons (Fsp3) is 0.800. The lowest BCUT2D eigenvalue weighted by atomic mass is 10.1. The molecule has 1 aromatic rings. The Morgan fingerprint density at radius 2 is 2.36 bits per heavy atom. The van der Waals surface area contributed by atoms with Crippen LogP contribution >= 0.6 is 0 Å². The predicted molar refractivity (Wildman–Crippen MR) is 57.1 cm³/mol. The van der Waals surface area contributed by atoms with Crippen LogP contribution in [-0.4, -0.2) is 27.6 Å². The lowest BCUT2D eigenvalue weighted by Crippen LogP contribution is -2.25. The molecule has 0 bridgehead atoms. The summed E-state index contributed by atoms with van der Waals surface area (Å²) in [6.07, 6.45) is 5.39. The number of nitrogens with one attached hydrogen (secondary N) is 1. The number of nitrogens with zero attached hydrogens (tertiary/aromatic N) is 3. The minimum atomic E-state index is 0.608. The largest absolute Gasteiger partial charge is 0.315 e. The predicted octanol–water partition coefficient (Wildman–Crippen LogP) is 1.14. The van der Waals surface area contributed by atoms with Gasteiger partial charge in [0, 0.05) is 19.3 Å². The van der Waals surface area contributed by atoms with Crippen molar-refractivity contribution in [1.82, 2.24) is 20.3 Å². The summed E-state index contributed by atoms with van der Waals surface area (Å²) < 4.78 is 1.75. The number of hydrogen-bond acceptors (Lipinski definition) is 3. The zero-order valence-electron chi connectivity index (χ0n) is 9.32. The molecule has 0 spiro atoms. The van der Waals surface area contributed by atoms with Crippen molar-refractivity contribution in [2.24, 2.45) is 7.05 Å². The van der Waals surface area contributed by atoms with Crippen LogP contribution in [0.5, 0.6) is 0 Å². The summed E-state index contributed by atoms with van der Waals surface area (Å²) >= 11 is 0. The van der Waals surface area contributed by atoms with E-state index < -0.39 is 0 Å². The molecule has 0 saturated heterocycles. The molecule has 0 saturated carbocycles. The maximum Gasteiger partial charge on any atom is 0.0827 e. The highest BCUT2D eigenvalue weighted by Crippen LogP contribution is 2.02. The fourth-order valence-corrected chi connectivity index (χ4v) is 1.55. The molecule has 1 heterocycles. The molecule has 1 N–H and O–H groups in total. The molecular formula is C10H20N4. The first kappa shape index (κ1) is 11.2. The zero-order valence-corrected chi connectivity index (χ0v) is 9.32. The summed E-state index contributed by atoms with van der Waals surface area (Å²) in [5.74, 6) is 0. The Labute approximate surface area is 85.7 Å². The fourth-order valence-electron chi connectivity index (χ4n) is 1.55. The molecule has 1 rings (SSSR count). The normalized spacial score (nSPS) is 13.1. The van der Waals surface area contributed by atoms with E-state index in [1.807, 2.05) is 13.2 Å². The van der Waals surface area contributed by atoms with E-state index in [0.29, 0.717) is 6.04 Å².